The van der Waals surface area contributed by atoms with E-state index < -0.39 is 25.2 Å². The van der Waals surface area contributed by atoms with Crippen LogP contribution in [-0.2, 0) is 4.74 Å². The fourth-order valence-corrected chi connectivity index (χ4v) is 1.26. The summed E-state index contributed by atoms with van der Waals surface area (Å²) < 4.78 is 39.7. The molecular formula is C12H13F3O2. The van der Waals surface area contributed by atoms with Crippen molar-refractivity contribution in [3.05, 3.63) is 34.9 Å². The molecule has 0 N–H and O–H groups in total. The molecule has 0 saturated heterocycles. The molecule has 1 rings (SSSR count). The summed E-state index contributed by atoms with van der Waals surface area (Å²) in [7, 11) is 0. The van der Waals surface area contributed by atoms with E-state index in [2.05, 4.69) is 4.74 Å². The first-order valence-electron chi connectivity index (χ1n) is 5.04. The topological polar surface area (TPSA) is 26.3 Å². The van der Waals surface area contributed by atoms with E-state index in [1.54, 1.807) is 18.2 Å². The SMILES string of the molecule is Cc1ccc(C(=O)COCC(F)(F)F)cc1C. The van der Waals surface area contributed by atoms with Crippen molar-refractivity contribution in [3.8, 4) is 0 Å². The third-order valence-electron chi connectivity index (χ3n) is 2.33. The zero-order chi connectivity index (χ0) is 13.1. The Morgan fingerprint density at radius 3 is 2.41 bits per heavy atom. The first-order chi connectivity index (χ1) is 7.79. The Bertz CT molecular complexity index is 411. The normalized spacial score (nSPS) is 11.6. The van der Waals surface area contributed by atoms with E-state index in [0.29, 0.717) is 5.56 Å². The van der Waals surface area contributed by atoms with Crippen LogP contribution in [0.4, 0.5) is 13.2 Å². The molecule has 1 aromatic rings. The molecule has 0 aromatic heterocycles. The Labute approximate surface area is 97.4 Å². The number of rotatable bonds is 4. The summed E-state index contributed by atoms with van der Waals surface area (Å²) in [5.41, 5.74) is 2.32. The summed E-state index contributed by atoms with van der Waals surface area (Å²) in [6.07, 6.45) is -4.40. The standard InChI is InChI=1S/C12H13F3O2/c1-8-3-4-10(5-9(8)2)11(16)6-17-7-12(13,14)15/h3-5H,6-7H2,1-2H3. The van der Waals surface area contributed by atoms with Crippen LogP contribution >= 0.6 is 0 Å². The minimum absolute atomic E-state index is 0.371. The largest absolute Gasteiger partial charge is 0.411 e. The molecule has 0 fully saturated rings. The van der Waals surface area contributed by atoms with Gasteiger partial charge in [-0.25, -0.2) is 0 Å². The molecule has 0 amide bonds. The molecule has 0 bridgehead atoms. The lowest BCUT2D eigenvalue weighted by molar-refractivity contribution is -0.170. The van der Waals surface area contributed by atoms with Crippen LogP contribution in [0.15, 0.2) is 18.2 Å². The van der Waals surface area contributed by atoms with Gasteiger partial charge in [-0.3, -0.25) is 4.79 Å². The van der Waals surface area contributed by atoms with Crippen LogP contribution in [0.3, 0.4) is 0 Å². The van der Waals surface area contributed by atoms with E-state index in [0.717, 1.165) is 11.1 Å². The summed E-state index contributed by atoms with van der Waals surface area (Å²) >= 11 is 0. The Balaban J connectivity index is 2.56. The number of carbonyl (C=O) groups excluding carboxylic acids is 1. The number of halogens is 3. The molecule has 94 valence electrons. The van der Waals surface area contributed by atoms with Gasteiger partial charge in [0.25, 0.3) is 0 Å². The Hall–Kier alpha value is -1.36. The first-order valence-corrected chi connectivity index (χ1v) is 5.04. The average Bonchev–Trinajstić information content (AvgIpc) is 2.20. The van der Waals surface area contributed by atoms with Gasteiger partial charge in [-0.2, -0.15) is 13.2 Å². The van der Waals surface area contributed by atoms with E-state index in [1.807, 2.05) is 13.8 Å². The quantitative estimate of drug-likeness (QED) is 0.763. The molecule has 17 heavy (non-hydrogen) atoms. The predicted molar refractivity (Wildman–Crippen MR) is 57.1 cm³/mol. The van der Waals surface area contributed by atoms with Gasteiger partial charge in [0, 0.05) is 5.56 Å². The molecule has 0 spiro atoms. The van der Waals surface area contributed by atoms with E-state index in [9.17, 15) is 18.0 Å². The van der Waals surface area contributed by atoms with Gasteiger partial charge in [-0.1, -0.05) is 12.1 Å². The van der Waals surface area contributed by atoms with Crippen molar-refractivity contribution in [2.45, 2.75) is 20.0 Å². The molecule has 0 unspecified atom stereocenters. The highest BCUT2D eigenvalue weighted by Crippen LogP contribution is 2.15. The number of Topliss-reactive ketones (excluding diaryl/α,β-unsaturated/α-hetero) is 1. The molecule has 0 heterocycles. The van der Waals surface area contributed by atoms with Crippen LogP contribution in [-0.4, -0.2) is 25.2 Å². The average molecular weight is 246 g/mol. The lowest BCUT2D eigenvalue weighted by Crippen LogP contribution is -2.20. The van der Waals surface area contributed by atoms with E-state index in [-0.39, 0.29) is 0 Å². The molecule has 1 aromatic carbocycles. The second-order valence-electron chi connectivity index (χ2n) is 3.83. The minimum atomic E-state index is -4.40. The lowest BCUT2D eigenvalue weighted by Gasteiger charge is -2.08. The fraction of sp³-hybridized carbons (Fsp3) is 0.417. The molecule has 0 atom stereocenters. The molecule has 0 aliphatic carbocycles. The number of benzene rings is 1. The third kappa shape index (κ3) is 4.56. The van der Waals surface area contributed by atoms with Crippen molar-refractivity contribution >= 4 is 5.78 Å². The van der Waals surface area contributed by atoms with Crippen LogP contribution in [0.1, 0.15) is 21.5 Å². The highest BCUT2D eigenvalue weighted by atomic mass is 19.4. The van der Waals surface area contributed by atoms with Crippen LogP contribution in [0.2, 0.25) is 0 Å². The van der Waals surface area contributed by atoms with Gasteiger partial charge < -0.3 is 4.74 Å². The van der Waals surface area contributed by atoms with Gasteiger partial charge >= 0.3 is 6.18 Å². The Morgan fingerprint density at radius 2 is 1.88 bits per heavy atom. The van der Waals surface area contributed by atoms with E-state index in [1.165, 1.54) is 0 Å². The van der Waals surface area contributed by atoms with Gasteiger partial charge in [-0.05, 0) is 31.0 Å². The third-order valence-corrected chi connectivity index (χ3v) is 2.33. The number of hydrogen-bond acceptors (Lipinski definition) is 2. The number of aryl methyl sites for hydroxylation is 2. The molecular weight excluding hydrogens is 233 g/mol. The highest BCUT2D eigenvalue weighted by molar-refractivity contribution is 5.97. The van der Waals surface area contributed by atoms with Gasteiger partial charge in [0.15, 0.2) is 5.78 Å². The number of hydrogen-bond donors (Lipinski definition) is 0. The van der Waals surface area contributed by atoms with Crippen molar-refractivity contribution in [2.24, 2.45) is 0 Å². The van der Waals surface area contributed by atoms with Crippen molar-refractivity contribution in [3.63, 3.8) is 0 Å². The number of carbonyl (C=O) groups is 1. The summed E-state index contributed by atoms with van der Waals surface area (Å²) in [6, 6.07) is 4.99. The van der Waals surface area contributed by atoms with Crippen LogP contribution in [0.5, 0.6) is 0 Å². The summed E-state index contributed by atoms with van der Waals surface area (Å²) in [4.78, 5) is 11.5. The van der Waals surface area contributed by atoms with Crippen LogP contribution in [0.25, 0.3) is 0 Å². The molecule has 0 saturated carbocycles. The highest BCUT2D eigenvalue weighted by Gasteiger charge is 2.27. The fourth-order valence-electron chi connectivity index (χ4n) is 1.26. The van der Waals surface area contributed by atoms with Crippen LogP contribution in [0, 0.1) is 13.8 Å². The number of ketones is 1. The van der Waals surface area contributed by atoms with Crippen molar-refractivity contribution in [1.29, 1.82) is 0 Å². The zero-order valence-electron chi connectivity index (χ0n) is 9.60. The van der Waals surface area contributed by atoms with Gasteiger partial charge in [0.05, 0.1) is 0 Å². The van der Waals surface area contributed by atoms with Crippen molar-refractivity contribution < 1.29 is 22.7 Å². The van der Waals surface area contributed by atoms with Gasteiger partial charge in [0.2, 0.25) is 0 Å². The summed E-state index contributed by atoms with van der Waals surface area (Å²) in [5.74, 6) is -0.447. The maximum absolute atomic E-state index is 11.8. The molecule has 5 heteroatoms. The maximum Gasteiger partial charge on any atom is 0.411 e. The minimum Gasteiger partial charge on any atom is -0.364 e. The molecule has 0 radical (unpaired) electrons. The number of ether oxygens (including phenoxy) is 1. The van der Waals surface area contributed by atoms with Crippen molar-refractivity contribution in [2.75, 3.05) is 13.2 Å². The van der Waals surface area contributed by atoms with E-state index >= 15 is 0 Å². The predicted octanol–water partition coefficient (Wildman–Crippen LogP) is 3.07. The first kappa shape index (κ1) is 13.7. The molecule has 0 aliphatic heterocycles. The second kappa shape index (κ2) is 5.31. The summed E-state index contributed by atoms with van der Waals surface area (Å²) in [5, 5.41) is 0. The second-order valence-corrected chi connectivity index (χ2v) is 3.83. The lowest BCUT2D eigenvalue weighted by atomic mass is 10.0. The molecule has 0 aliphatic rings. The van der Waals surface area contributed by atoms with Gasteiger partial charge in [0.1, 0.15) is 13.2 Å². The van der Waals surface area contributed by atoms with Crippen molar-refractivity contribution in [1.82, 2.24) is 0 Å². The zero-order valence-corrected chi connectivity index (χ0v) is 9.60. The Morgan fingerprint density at radius 1 is 1.24 bits per heavy atom. The van der Waals surface area contributed by atoms with Crippen LogP contribution < -0.4 is 0 Å². The molecule has 2 nitrogen and oxygen atoms in total. The number of alkyl halides is 3. The maximum atomic E-state index is 11.8. The Kier molecular flexibility index (Phi) is 4.28. The van der Waals surface area contributed by atoms with E-state index in [4.69, 9.17) is 0 Å². The van der Waals surface area contributed by atoms with Gasteiger partial charge in [-0.15, -0.1) is 0 Å². The summed E-state index contributed by atoms with van der Waals surface area (Å²) in [6.45, 7) is 1.78. The monoisotopic (exact) mass is 246 g/mol. The smallest absolute Gasteiger partial charge is 0.364 e.